The standard InChI is InChI=1S/C12H18N2O3S/c1-17-12-8-10(13)7-11(9-12)14-3-2-5-18(15,16)6-4-14/h7-9H,2-6,13H2,1H3. The van der Waals surface area contributed by atoms with E-state index in [1.165, 1.54) is 0 Å². The Kier molecular flexibility index (Phi) is 3.65. The van der Waals surface area contributed by atoms with E-state index in [-0.39, 0.29) is 11.5 Å². The second-order valence-corrected chi connectivity index (χ2v) is 6.76. The van der Waals surface area contributed by atoms with E-state index < -0.39 is 9.84 Å². The van der Waals surface area contributed by atoms with E-state index in [0.29, 0.717) is 24.4 Å². The van der Waals surface area contributed by atoms with Crippen LogP contribution in [0, 0.1) is 0 Å². The minimum Gasteiger partial charge on any atom is -0.497 e. The molecule has 18 heavy (non-hydrogen) atoms. The van der Waals surface area contributed by atoms with E-state index >= 15 is 0 Å². The summed E-state index contributed by atoms with van der Waals surface area (Å²) < 4.78 is 28.3. The fourth-order valence-corrected chi connectivity index (χ4v) is 3.37. The number of nitrogens with zero attached hydrogens (tertiary/aromatic N) is 1. The molecule has 100 valence electrons. The van der Waals surface area contributed by atoms with Crippen molar-refractivity contribution in [2.24, 2.45) is 0 Å². The largest absolute Gasteiger partial charge is 0.497 e. The summed E-state index contributed by atoms with van der Waals surface area (Å²) in [7, 11) is -1.30. The maximum atomic E-state index is 11.6. The first-order chi connectivity index (χ1) is 8.50. The highest BCUT2D eigenvalue weighted by Gasteiger charge is 2.19. The van der Waals surface area contributed by atoms with Crippen LogP contribution in [0.5, 0.6) is 5.75 Å². The molecule has 5 nitrogen and oxygen atoms in total. The molecule has 1 aromatic carbocycles. The van der Waals surface area contributed by atoms with Gasteiger partial charge in [-0.1, -0.05) is 0 Å². The first kappa shape index (κ1) is 13.0. The van der Waals surface area contributed by atoms with Crippen LogP contribution >= 0.6 is 0 Å². The molecule has 0 saturated carbocycles. The summed E-state index contributed by atoms with van der Waals surface area (Å²) in [6.45, 7) is 1.24. The van der Waals surface area contributed by atoms with Gasteiger partial charge in [-0.25, -0.2) is 8.42 Å². The summed E-state index contributed by atoms with van der Waals surface area (Å²) in [5.74, 6) is 1.16. The molecule has 0 atom stereocenters. The number of anilines is 2. The van der Waals surface area contributed by atoms with Crippen LogP contribution in [0.3, 0.4) is 0 Å². The maximum absolute atomic E-state index is 11.6. The summed E-state index contributed by atoms with van der Waals surface area (Å²) in [5.41, 5.74) is 7.35. The molecular weight excluding hydrogens is 252 g/mol. The predicted molar refractivity (Wildman–Crippen MR) is 72.9 cm³/mol. The van der Waals surface area contributed by atoms with Crippen LogP contribution in [0.1, 0.15) is 6.42 Å². The third-order valence-electron chi connectivity index (χ3n) is 3.07. The molecule has 0 aliphatic carbocycles. The van der Waals surface area contributed by atoms with E-state index in [4.69, 9.17) is 10.5 Å². The van der Waals surface area contributed by atoms with Crippen molar-refractivity contribution >= 4 is 21.2 Å². The quantitative estimate of drug-likeness (QED) is 0.808. The number of ether oxygens (including phenoxy) is 1. The molecule has 0 aromatic heterocycles. The maximum Gasteiger partial charge on any atom is 0.152 e. The van der Waals surface area contributed by atoms with Gasteiger partial charge in [0.05, 0.1) is 18.6 Å². The molecule has 2 N–H and O–H groups in total. The van der Waals surface area contributed by atoms with Gasteiger partial charge in [-0.15, -0.1) is 0 Å². The summed E-state index contributed by atoms with van der Waals surface area (Å²) in [4.78, 5) is 2.05. The number of rotatable bonds is 2. The van der Waals surface area contributed by atoms with Crippen molar-refractivity contribution in [2.75, 3.05) is 42.3 Å². The molecular formula is C12H18N2O3S. The van der Waals surface area contributed by atoms with E-state index in [2.05, 4.69) is 0 Å². The Hall–Kier alpha value is -1.43. The molecule has 0 radical (unpaired) electrons. The van der Waals surface area contributed by atoms with Gasteiger partial charge in [0.2, 0.25) is 0 Å². The number of hydrogen-bond acceptors (Lipinski definition) is 5. The van der Waals surface area contributed by atoms with Crippen molar-refractivity contribution in [3.05, 3.63) is 18.2 Å². The van der Waals surface area contributed by atoms with E-state index in [1.807, 2.05) is 17.0 Å². The van der Waals surface area contributed by atoms with Crippen LogP contribution in [0.15, 0.2) is 18.2 Å². The third-order valence-corrected chi connectivity index (χ3v) is 4.79. The average molecular weight is 270 g/mol. The highest BCUT2D eigenvalue weighted by Crippen LogP contribution is 2.26. The van der Waals surface area contributed by atoms with Gasteiger partial charge in [0.15, 0.2) is 9.84 Å². The lowest BCUT2D eigenvalue weighted by Gasteiger charge is -2.23. The van der Waals surface area contributed by atoms with Crippen molar-refractivity contribution in [1.29, 1.82) is 0 Å². The number of benzene rings is 1. The van der Waals surface area contributed by atoms with Crippen molar-refractivity contribution < 1.29 is 13.2 Å². The molecule has 0 spiro atoms. The van der Waals surface area contributed by atoms with E-state index in [1.54, 1.807) is 13.2 Å². The number of methoxy groups -OCH3 is 1. The second kappa shape index (κ2) is 5.06. The number of sulfone groups is 1. The number of nitrogen functional groups attached to an aromatic ring is 1. The highest BCUT2D eigenvalue weighted by atomic mass is 32.2. The van der Waals surface area contributed by atoms with Crippen LogP contribution in [0.4, 0.5) is 11.4 Å². The minimum atomic E-state index is -2.89. The third kappa shape index (κ3) is 3.07. The molecule has 1 heterocycles. The van der Waals surface area contributed by atoms with Gasteiger partial charge in [-0.2, -0.15) is 0 Å². The van der Waals surface area contributed by atoms with Crippen LogP contribution in [0.2, 0.25) is 0 Å². The Morgan fingerprint density at radius 1 is 1.22 bits per heavy atom. The normalized spacial score (nSPS) is 19.3. The number of nitrogens with two attached hydrogens (primary N) is 1. The topological polar surface area (TPSA) is 72.6 Å². The molecule has 1 aliphatic heterocycles. The fourth-order valence-electron chi connectivity index (χ4n) is 2.10. The Morgan fingerprint density at radius 3 is 2.72 bits per heavy atom. The van der Waals surface area contributed by atoms with Gasteiger partial charge in [0.1, 0.15) is 5.75 Å². The van der Waals surface area contributed by atoms with Crippen molar-refractivity contribution in [3.63, 3.8) is 0 Å². The lowest BCUT2D eigenvalue weighted by molar-refractivity contribution is 0.415. The molecule has 1 fully saturated rings. The zero-order valence-corrected chi connectivity index (χ0v) is 11.2. The summed E-state index contributed by atoms with van der Waals surface area (Å²) >= 11 is 0. The summed E-state index contributed by atoms with van der Waals surface area (Å²) in [6, 6.07) is 5.48. The lowest BCUT2D eigenvalue weighted by Crippen LogP contribution is -2.26. The fraction of sp³-hybridized carbons (Fsp3) is 0.500. The molecule has 0 bridgehead atoms. The second-order valence-electron chi connectivity index (χ2n) is 4.46. The Morgan fingerprint density at radius 2 is 2.00 bits per heavy atom. The Balaban J connectivity index is 2.23. The van der Waals surface area contributed by atoms with E-state index in [9.17, 15) is 8.42 Å². The van der Waals surface area contributed by atoms with Gasteiger partial charge >= 0.3 is 0 Å². The van der Waals surface area contributed by atoms with Gasteiger partial charge in [-0.05, 0) is 12.5 Å². The van der Waals surface area contributed by atoms with Crippen LogP contribution in [-0.4, -0.2) is 40.1 Å². The van der Waals surface area contributed by atoms with Crippen LogP contribution in [0.25, 0.3) is 0 Å². The van der Waals surface area contributed by atoms with Crippen LogP contribution in [-0.2, 0) is 9.84 Å². The molecule has 1 saturated heterocycles. The monoisotopic (exact) mass is 270 g/mol. The highest BCUT2D eigenvalue weighted by molar-refractivity contribution is 7.91. The number of hydrogen-bond donors (Lipinski definition) is 1. The molecule has 1 aliphatic rings. The summed E-state index contributed by atoms with van der Waals surface area (Å²) in [6.07, 6.45) is 0.652. The van der Waals surface area contributed by atoms with Crippen LogP contribution < -0.4 is 15.4 Å². The Bertz CT molecular complexity index is 528. The molecule has 0 unspecified atom stereocenters. The molecule has 1 aromatic rings. The van der Waals surface area contributed by atoms with Crippen molar-refractivity contribution in [3.8, 4) is 5.75 Å². The molecule has 6 heteroatoms. The van der Waals surface area contributed by atoms with E-state index in [0.717, 1.165) is 12.2 Å². The first-order valence-electron chi connectivity index (χ1n) is 5.90. The SMILES string of the molecule is COc1cc(N)cc(N2CCCS(=O)(=O)CC2)c1. The predicted octanol–water partition coefficient (Wildman–Crippen LogP) is 0.902. The molecule has 2 rings (SSSR count). The van der Waals surface area contributed by atoms with Gasteiger partial charge in [0, 0.05) is 36.6 Å². The first-order valence-corrected chi connectivity index (χ1v) is 7.72. The zero-order valence-electron chi connectivity index (χ0n) is 10.4. The van der Waals surface area contributed by atoms with Gasteiger partial charge < -0.3 is 15.4 Å². The zero-order chi connectivity index (χ0) is 13.2. The smallest absolute Gasteiger partial charge is 0.152 e. The lowest BCUT2D eigenvalue weighted by atomic mass is 10.2. The summed E-state index contributed by atoms with van der Waals surface area (Å²) in [5, 5.41) is 0. The van der Waals surface area contributed by atoms with Gasteiger partial charge in [-0.3, -0.25) is 0 Å². The molecule has 0 amide bonds. The van der Waals surface area contributed by atoms with Crippen molar-refractivity contribution in [1.82, 2.24) is 0 Å². The Labute approximate surface area is 107 Å². The van der Waals surface area contributed by atoms with Gasteiger partial charge in [0.25, 0.3) is 0 Å². The van der Waals surface area contributed by atoms with Crippen molar-refractivity contribution in [2.45, 2.75) is 6.42 Å². The average Bonchev–Trinajstić information content (AvgIpc) is 2.49. The minimum absolute atomic E-state index is 0.199.